The number of aryl methyl sites for hydroxylation is 1. The first-order valence-electron chi connectivity index (χ1n) is 7.85. The van der Waals surface area contributed by atoms with Crippen LogP contribution < -0.4 is 10.2 Å². The van der Waals surface area contributed by atoms with E-state index in [0.717, 1.165) is 44.0 Å². The molecule has 4 nitrogen and oxygen atoms in total. The summed E-state index contributed by atoms with van der Waals surface area (Å²) >= 11 is 0. The fraction of sp³-hybridized carbons (Fsp3) is 0.471. The van der Waals surface area contributed by atoms with E-state index in [2.05, 4.69) is 26.7 Å². The lowest BCUT2D eigenvalue weighted by Crippen LogP contribution is -2.34. The minimum atomic E-state index is -0.177. The number of nitrogens with one attached hydrogen (secondary N) is 1. The van der Waals surface area contributed by atoms with E-state index in [1.54, 1.807) is 0 Å². The zero-order valence-electron chi connectivity index (χ0n) is 13.2. The third-order valence-corrected chi connectivity index (χ3v) is 4.51. The first-order chi connectivity index (χ1) is 10.6. The molecule has 1 aromatic carbocycles. The molecule has 0 spiro atoms. The van der Waals surface area contributed by atoms with Gasteiger partial charge < -0.3 is 14.8 Å². The van der Waals surface area contributed by atoms with Gasteiger partial charge in [-0.1, -0.05) is 0 Å². The summed E-state index contributed by atoms with van der Waals surface area (Å²) in [4.78, 5) is 6.63. The van der Waals surface area contributed by atoms with Gasteiger partial charge in [0, 0.05) is 43.6 Å². The number of hydrogen-bond donors (Lipinski definition) is 1. The van der Waals surface area contributed by atoms with Crippen LogP contribution in [0, 0.1) is 19.7 Å². The molecular formula is C17H23FN4. The van der Waals surface area contributed by atoms with Crippen LogP contribution in [0.4, 0.5) is 10.1 Å². The van der Waals surface area contributed by atoms with Crippen molar-refractivity contribution in [2.75, 3.05) is 24.5 Å². The van der Waals surface area contributed by atoms with Gasteiger partial charge in [0.15, 0.2) is 0 Å². The highest BCUT2D eigenvalue weighted by Gasteiger charge is 2.22. The second-order valence-electron chi connectivity index (χ2n) is 5.97. The number of halogens is 1. The summed E-state index contributed by atoms with van der Waals surface area (Å²) in [6.07, 6.45) is 3.03. The van der Waals surface area contributed by atoms with E-state index >= 15 is 0 Å². The van der Waals surface area contributed by atoms with Crippen molar-refractivity contribution in [3.63, 3.8) is 0 Å². The Morgan fingerprint density at radius 1 is 1.27 bits per heavy atom. The van der Waals surface area contributed by atoms with E-state index in [0.29, 0.717) is 6.04 Å². The molecule has 1 N–H and O–H groups in total. The molecule has 1 saturated heterocycles. The third kappa shape index (κ3) is 3.30. The van der Waals surface area contributed by atoms with Crippen LogP contribution in [-0.2, 0) is 6.54 Å². The van der Waals surface area contributed by atoms with Gasteiger partial charge in [0.05, 0.1) is 12.0 Å². The molecule has 0 unspecified atom stereocenters. The Morgan fingerprint density at radius 3 is 2.73 bits per heavy atom. The molecule has 2 heterocycles. The topological polar surface area (TPSA) is 33.1 Å². The molecule has 5 heteroatoms. The lowest BCUT2D eigenvalue weighted by Gasteiger charge is -2.19. The highest BCUT2D eigenvalue weighted by atomic mass is 19.1. The predicted octanol–water partition coefficient (Wildman–Crippen LogP) is 2.51. The predicted molar refractivity (Wildman–Crippen MR) is 86.7 cm³/mol. The largest absolute Gasteiger partial charge is 0.370 e. The maximum Gasteiger partial charge on any atom is 0.123 e. The molecule has 0 saturated carbocycles. The molecule has 2 aromatic rings. The van der Waals surface area contributed by atoms with Crippen LogP contribution in [0.25, 0.3) is 0 Å². The van der Waals surface area contributed by atoms with Crippen LogP contribution >= 0.6 is 0 Å². The summed E-state index contributed by atoms with van der Waals surface area (Å²) < 4.78 is 15.2. The smallest absolute Gasteiger partial charge is 0.123 e. The molecule has 22 heavy (non-hydrogen) atoms. The average molecular weight is 302 g/mol. The molecule has 1 aliphatic heterocycles. The second-order valence-corrected chi connectivity index (χ2v) is 5.97. The minimum Gasteiger partial charge on any atom is -0.370 e. The van der Waals surface area contributed by atoms with Crippen molar-refractivity contribution in [3.8, 4) is 0 Å². The van der Waals surface area contributed by atoms with Crippen molar-refractivity contribution in [1.82, 2.24) is 14.9 Å². The Labute approximate surface area is 131 Å². The second kappa shape index (κ2) is 6.48. The van der Waals surface area contributed by atoms with Gasteiger partial charge in [0.2, 0.25) is 0 Å². The van der Waals surface area contributed by atoms with E-state index in [1.165, 1.54) is 17.8 Å². The first kappa shape index (κ1) is 15.0. The van der Waals surface area contributed by atoms with Gasteiger partial charge in [-0.3, -0.25) is 0 Å². The Morgan fingerprint density at radius 2 is 2.05 bits per heavy atom. The Kier molecular flexibility index (Phi) is 4.43. The normalized spacial score (nSPS) is 18.1. The molecular weight excluding hydrogens is 279 g/mol. The van der Waals surface area contributed by atoms with Crippen LogP contribution in [0.15, 0.2) is 30.6 Å². The van der Waals surface area contributed by atoms with Crippen molar-refractivity contribution < 1.29 is 4.39 Å². The number of hydrogen-bond acceptors (Lipinski definition) is 3. The molecule has 1 atom stereocenters. The fourth-order valence-electron chi connectivity index (χ4n) is 2.97. The highest BCUT2D eigenvalue weighted by Crippen LogP contribution is 2.20. The summed E-state index contributed by atoms with van der Waals surface area (Å²) in [5.74, 6) is -0.177. The standard InChI is InChI=1S/C17H23FN4/c1-13-14(2)22(12-20-13)10-8-19-16-7-9-21(11-16)17-5-3-15(18)4-6-17/h3-6,12,16,19H,7-11H2,1-2H3/t16-/m0/s1. The fourth-order valence-corrected chi connectivity index (χ4v) is 2.97. The molecule has 0 radical (unpaired) electrons. The van der Waals surface area contributed by atoms with Crippen molar-refractivity contribution in [2.24, 2.45) is 0 Å². The molecule has 0 aliphatic carbocycles. The first-order valence-corrected chi connectivity index (χ1v) is 7.85. The molecule has 1 fully saturated rings. The van der Waals surface area contributed by atoms with Gasteiger partial charge >= 0.3 is 0 Å². The average Bonchev–Trinajstić information content (AvgIpc) is 3.10. The van der Waals surface area contributed by atoms with Crippen LogP contribution in [-0.4, -0.2) is 35.2 Å². The highest BCUT2D eigenvalue weighted by molar-refractivity contribution is 5.47. The summed E-state index contributed by atoms with van der Waals surface area (Å²) in [7, 11) is 0. The number of aromatic nitrogens is 2. The van der Waals surface area contributed by atoms with Crippen molar-refractivity contribution in [3.05, 3.63) is 47.8 Å². The number of benzene rings is 1. The molecule has 118 valence electrons. The molecule has 0 amide bonds. The number of nitrogens with zero attached hydrogens (tertiary/aromatic N) is 3. The van der Waals surface area contributed by atoms with Crippen LogP contribution in [0.2, 0.25) is 0 Å². The van der Waals surface area contributed by atoms with Gasteiger partial charge in [0.1, 0.15) is 5.82 Å². The van der Waals surface area contributed by atoms with E-state index in [1.807, 2.05) is 25.4 Å². The van der Waals surface area contributed by atoms with Gasteiger partial charge in [-0.05, 0) is 44.5 Å². The lowest BCUT2D eigenvalue weighted by molar-refractivity contribution is 0.513. The van der Waals surface area contributed by atoms with E-state index in [-0.39, 0.29) is 5.82 Å². The van der Waals surface area contributed by atoms with Gasteiger partial charge in [-0.25, -0.2) is 9.37 Å². The molecule has 0 bridgehead atoms. The molecule has 3 rings (SSSR count). The Bertz CT molecular complexity index is 620. The van der Waals surface area contributed by atoms with Gasteiger partial charge in [-0.15, -0.1) is 0 Å². The summed E-state index contributed by atoms with van der Waals surface area (Å²) in [6, 6.07) is 7.26. The lowest BCUT2D eigenvalue weighted by atomic mass is 10.2. The summed E-state index contributed by atoms with van der Waals surface area (Å²) in [5, 5.41) is 3.61. The van der Waals surface area contributed by atoms with Crippen LogP contribution in [0.1, 0.15) is 17.8 Å². The number of imidazole rings is 1. The number of anilines is 1. The van der Waals surface area contributed by atoms with Crippen molar-refractivity contribution in [2.45, 2.75) is 32.9 Å². The van der Waals surface area contributed by atoms with E-state index in [9.17, 15) is 4.39 Å². The SMILES string of the molecule is Cc1ncn(CCN[C@H]2CCN(c3ccc(F)cc3)C2)c1C. The van der Waals surface area contributed by atoms with Crippen molar-refractivity contribution >= 4 is 5.69 Å². The summed E-state index contributed by atoms with van der Waals surface area (Å²) in [6.45, 7) is 8.03. The quantitative estimate of drug-likeness (QED) is 0.921. The van der Waals surface area contributed by atoms with Crippen molar-refractivity contribution in [1.29, 1.82) is 0 Å². The molecule has 1 aliphatic rings. The minimum absolute atomic E-state index is 0.177. The van der Waals surface area contributed by atoms with Gasteiger partial charge in [-0.2, -0.15) is 0 Å². The third-order valence-electron chi connectivity index (χ3n) is 4.51. The zero-order chi connectivity index (χ0) is 15.5. The Balaban J connectivity index is 1.47. The molecule has 1 aromatic heterocycles. The van der Waals surface area contributed by atoms with Crippen LogP contribution in [0.5, 0.6) is 0 Å². The number of rotatable bonds is 5. The maximum atomic E-state index is 13.0. The zero-order valence-corrected chi connectivity index (χ0v) is 13.2. The van der Waals surface area contributed by atoms with Crippen LogP contribution in [0.3, 0.4) is 0 Å². The van der Waals surface area contributed by atoms with E-state index in [4.69, 9.17) is 0 Å². The monoisotopic (exact) mass is 302 g/mol. The maximum absolute atomic E-state index is 13.0. The Hall–Kier alpha value is -1.88. The summed E-state index contributed by atoms with van der Waals surface area (Å²) in [5.41, 5.74) is 3.44. The van der Waals surface area contributed by atoms with Gasteiger partial charge in [0.25, 0.3) is 0 Å². The van der Waals surface area contributed by atoms with E-state index < -0.39 is 0 Å².